The number of hydrogen-bond donors (Lipinski definition) is 1. The number of nitrogens with two attached hydrogens (primary N) is 1. The summed E-state index contributed by atoms with van der Waals surface area (Å²) in [4.78, 5) is 12.2. The number of pyridine rings is 2. The Morgan fingerprint density at radius 2 is 1.17 bits per heavy atom. The third-order valence-electron chi connectivity index (χ3n) is 7.46. The van der Waals surface area contributed by atoms with Gasteiger partial charge in [-0.25, -0.2) is 0 Å². The molecule has 0 saturated heterocycles. The minimum Gasteiger partial charge on any atom is -0.342 e. The molecule has 6 aromatic rings. The van der Waals surface area contributed by atoms with Gasteiger partial charge in [0.1, 0.15) is 0 Å². The fourth-order valence-corrected chi connectivity index (χ4v) is 5.76. The van der Waals surface area contributed by atoms with Crippen molar-refractivity contribution in [2.24, 2.45) is 19.8 Å². The summed E-state index contributed by atoms with van der Waals surface area (Å²) in [5, 5.41) is 5.06. The number of fused-ring (bicyclic) bond motifs is 6. The number of nitrogens with zero attached hydrogens (tertiary/aromatic N) is 5. The SMILES string of the molecule is Cn1c2ccccc2c2ccnc(CN(CCCCN)Cc3nccc4c5ccccc5n(C)c34)c21. The Morgan fingerprint density at radius 1 is 0.667 bits per heavy atom. The van der Waals surface area contributed by atoms with Crippen LogP contribution in [0.15, 0.2) is 73.1 Å². The van der Waals surface area contributed by atoms with Gasteiger partial charge in [-0.2, -0.15) is 0 Å². The summed E-state index contributed by atoms with van der Waals surface area (Å²) in [6.45, 7) is 3.17. The van der Waals surface area contributed by atoms with Crippen molar-refractivity contribution in [2.45, 2.75) is 25.9 Å². The highest BCUT2D eigenvalue weighted by atomic mass is 15.1. The van der Waals surface area contributed by atoms with Gasteiger partial charge < -0.3 is 14.9 Å². The van der Waals surface area contributed by atoms with E-state index in [-0.39, 0.29) is 0 Å². The van der Waals surface area contributed by atoms with E-state index in [0.29, 0.717) is 6.54 Å². The minimum absolute atomic E-state index is 0.710. The van der Waals surface area contributed by atoms with Gasteiger partial charge in [0, 0.05) is 72.2 Å². The van der Waals surface area contributed by atoms with E-state index < -0.39 is 0 Å². The second kappa shape index (κ2) is 9.37. The van der Waals surface area contributed by atoms with E-state index in [4.69, 9.17) is 15.7 Å². The zero-order valence-electron chi connectivity index (χ0n) is 21.0. The number of aryl methyl sites for hydroxylation is 2. The van der Waals surface area contributed by atoms with Crippen LogP contribution in [-0.4, -0.2) is 37.1 Å². The Balaban J connectivity index is 1.42. The lowest BCUT2D eigenvalue weighted by Crippen LogP contribution is -2.26. The van der Waals surface area contributed by atoms with Crippen LogP contribution >= 0.6 is 0 Å². The molecule has 0 unspecified atom stereocenters. The lowest BCUT2D eigenvalue weighted by molar-refractivity contribution is 0.247. The first-order chi connectivity index (χ1) is 17.7. The first-order valence-corrected chi connectivity index (χ1v) is 12.7. The van der Waals surface area contributed by atoms with E-state index in [9.17, 15) is 0 Å². The first-order valence-electron chi connectivity index (χ1n) is 12.7. The highest BCUT2D eigenvalue weighted by molar-refractivity contribution is 6.09. The van der Waals surface area contributed by atoms with Crippen molar-refractivity contribution in [1.82, 2.24) is 24.0 Å². The molecule has 0 fully saturated rings. The molecule has 6 heteroatoms. The lowest BCUT2D eigenvalue weighted by atomic mass is 10.1. The molecule has 2 N–H and O–H groups in total. The van der Waals surface area contributed by atoms with Crippen LogP contribution in [0.4, 0.5) is 0 Å². The average Bonchev–Trinajstić information content (AvgIpc) is 3.37. The van der Waals surface area contributed by atoms with E-state index in [1.807, 2.05) is 12.4 Å². The van der Waals surface area contributed by atoms with Gasteiger partial charge in [0.15, 0.2) is 0 Å². The number of unbranched alkanes of at least 4 members (excludes halogenated alkanes) is 1. The molecule has 6 nitrogen and oxygen atoms in total. The number of hydrogen-bond acceptors (Lipinski definition) is 4. The summed E-state index contributed by atoms with van der Waals surface area (Å²) in [7, 11) is 4.29. The standard InChI is InChI=1S/C30H32N6/c1-34-27-11-5-3-9-21(27)23-13-16-32-25(29(23)34)19-36(18-8-7-15-31)20-26-30-24(14-17-33-26)22-10-4-6-12-28(22)35(30)2/h3-6,9-14,16-17H,7-8,15,18-20,31H2,1-2H3. The van der Waals surface area contributed by atoms with Crippen molar-refractivity contribution in [2.75, 3.05) is 13.1 Å². The van der Waals surface area contributed by atoms with Gasteiger partial charge in [-0.05, 0) is 50.2 Å². The zero-order chi connectivity index (χ0) is 24.6. The number of aromatic nitrogens is 4. The molecule has 0 bridgehead atoms. The van der Waals surface area contributed by atoms with E-state index >= 15 is 0 Å². The van der Waals surface area contributed by atoms with Crippen molar-refractivity contribution in [3.63, 3.8) is 0 Å². The lowest BCUT2D eigenvalue weighted by Gasteiger charge is -2.23. The van der Waals surface area contributed by atoms with E-state index in [1.165, 1.54) is 43.6 Å². The maximum absolute atomic E-state index is 5.84. The summed E-state index contributed by atoms with van der Waals surface area (Å²) in [5.41, 5.74) is 12.9. The minimum atomic E-state index is 0.710. The highest BCUT2D eigenvalue weighted by Gasteiger charge is 2.18. The van der Waals surface area contributed by atoms with Crippen LogP contribution in [0.3, 0.4) is 0 Å². The van der Waals surface area contributed by atoms with E-state index in [2.05, 4.69) is 88.8 Å². The maximum Gasteiger partial charge on any atom is 0.0786 e. The molecule has 0 amide bonds. The molecule has 6 rings (SSSR count). The first kappa shape index (κ1) is 22.7. The zero-order valence-corrected chi connectivity index (χ0v) is 21.0. The van der Waals surface area contributed by atoms with Crippen LogP contribution in [-0.2, 0) is 27.2 Å². The van der Waals surface area contributed by atoms with E-state index in [0.717, 1.165) is 43.9 Å². The van der Waals surface area contributed by atoms with Crippen molar-refractivity contribution in [3.8, 4) is 0 Å². The predicted octanol–water partition coefficient (Wildman–Crippen LogP) is 5.51. The number of rotatable bonds is 8. The topological polar surface area (TPSA) is 64.9 Å². The van der Waals surface area contributed by atoms with Gasteiger partial charge in [-0.3, -0.25) is 14.9 Å². The molecule has 0 saturated carbocycles. The Bertz CT molecular complexity index is 1570. The van der Waals surface area contributed by atoms with Crippen molar-refractivity contribution in [1.29, 1.82) is 0 Å². The third-order valence-corrected chi connectivity index (χ3v) is 7.46. The average molecular weight is 477 g/mol. The van der Waals surface area contributed by atoms with E-state index in [1.54, 1.807) is 0 Å². The summed E-state index contributed by atoms with van der Waals surface area (Å²) in [6, 6.07) is 21.5. The number of para-hydroxylation sites is 2. The summed E-state index contributed by atoms with van der Waals surface area (Å²) >= 11 is 0. The Morgan fingerprint density at radius 3 is 1.67 bits per heavy atom. The largest absolute Gasteiger partial charge is 0.342 e. The molecule has 0 atom stereocenters. The van der Waals surface area contributed by atoms with Crippen LogP contribution in [0.25, 0.3) is 43.6 Å². The van der Waals surface area contributed by atoms with Gasteiger partial charge >= 0.3 is 0 Å². The van der Waals surface area contributed by atoms with Crippen LogP contribution in [0, 0.1) is 0 Å². The highest BCUT2D eigenvalue weighted by Crippen LogP contribution is 2.32. The van der Waals surface area contributed by atoms with Gasteiger partial charge in [-0.1, -0.05) is 36.4 Å². The molecule has 0 aliphatic rings. The van der Waals surface area contributed by atoms with Gasteiger partial charge in [-0.15, -0.1) is 0 Å². The molecular weight excluding hydrogens is 444 g/mol. The van der Waals surface area contributed by atoms with Crippen molar-refractivity contribution in [3.05, 3.63) is 84.4 Å². The van der Waals surface area contributed by atoms with Crippen molar-refractivity contribution >= 4 is 43.6 Å². The van der Waals surface area contributed by atoms with Gasteiger partial charge in [0.2, 0.25) is 0 Å². The molecule has 0 aliphatic heterocycles. The van der Waals surface area contributed by atoms with Crippen LogP contribution in [0.5, 0.6) is 0 Å². The Labute approximate surface area is 211 Å². The van der Waals surface area contributed by atoms with Gasteiger partial charge in [0.05, 0.1) is 22.4 Å². The van der Waals surface area contributed by atoms with Crippen LogP contribution < -0.4 is 5.73 Å². The fourth-order valence-electron chi connectivity index (χ4n) is 5.76. The third kappa shape index (κ3) is 3.74. The quantitative estimate of drug-likeness (QED) is 0.294. The fraction of sp³-hybridized carbons (Fsp3) is 0.267. The molecule has 182 valence electrons. The smallest absolute Gasteiger partial charge is 0.0786 e. The molecular formula is C30H32N6. The van der Waals surface area contributed by atoms with Crippen molar-refractivity contribution < 1.29 is 0 Å². The van der Waals surface area contributed by atoms with Gasteiger partial charge in [0.25, 0.3) is 0 Å². The Kier molecular flexibility index (Phi) is 5.91. The second-order valence-corrected chi connectivity index (χ2v) is 9.67. The monoisotopic (exact) mass is 476 g/mol. The predicted molar refractivity (Wildman–Crippen MR) is 149 cm³/mol. The molecule has 2 aromatic carbocycles. The summed E-state index contributed by atoms with van der Waals surface area (Å²) in [6.07, 6.45) is 5.95. The summed E-state index contributed by atoms with van der Waals surface area (Å²) in [5.74, 6) is 0. The number of benzene rings is 2. The normalized spacial score (nSPS) is 12.1. The van der Waals surface area contributed by atoms with Crippen LogP contribution in [0.1, 0.15) is 24.2 Å². The molecule has 0 spiro atoms. The molecule has 4 aromatic heterocycles. The summed E-state index contributed by atoms with van der Waals surface area (Å²) < 4.78 is 4.57. The second-order valence-electron chi connectivity index (χ2n) is 9.67. The molecule has 4 heterocycles. The Hall–Kier alpha value is -3.74. The maximum atomic E-state index is 5.84. The molecule has 0 aliphatic carbocycles. The molecule has 36 heavy (non-hydrogen) atoms. The molecule has 0 radical (unpaired) electrons. The van der Waals surface area contributed by atoms with Crippen LogP contribution in [0.2, 0.25) is 0 Å².